The van der Waals surface area contributed by atoms with E-state index < -0.39 is 0 Å². The van der Waals surface area contributed by atoms with Crippen LogP contribution in [0.2, 0.25) is 0 Å². The molecule has 0 saturated heterocycles. The summed E-state index contributed by atoms with van der Waals surface area (Å²) in [5, 5.41) is 9.52. The average Bonchev–Trinajstić information content (AvgIpc) is 2.18. The van der Waals surface area contributed by atoms with Crippen LogP contribution in [0, 0.1) is 10.2 Å². The van der Waals surface area contributed by atoms with Gasteiger partial charge in [-0.2, -0.15) is 0 Å². The molecule has 0 fully saturated rings. The minimum atomic E-state index is -0.290. The summed E-state index contributed by atoms with van der Waals surface area (Å²) >= 11 is 2.11. The minimum Gasteiger partial charge on any atom is -0.292 e. The molecule has 2 rings (SSSR count). The third kappa shape index (κ3) is 2.91. The van der Waals surface area contributed by atoms with E-state index in [4.69, 9.17) is 5.26 Å². The van der Waals surface area contributed by atoms with Gasteiger partial charge in [0, 0.05) is 5.56 Å². The van der Waals surface area contributed by atoms with E-state index in [0.29, 0.717) is 12.0 Å². The van der Waals surface area contributed by atoms with Crippen LogP contribution < -0.4 is 5.32 Å². The summed E-state index contributed by atoms with van der Waals surface area (Å²) in [6, 6.07) is 7.13. The summed E-state index contributed by atoms with van der Waals surface area (Å²) in [6.45, 7) is 0. The summed E-state index contributed by atoms with van der Waals surface area (Å²) < 4.78 is 0. The van der Waals surface area contributed by atoms with Gasteiger partial charge in [0.05, 0.1) is 6.42 Å². The number of carbonyl (C=O) groups is 2. The van der Waals surface area contributed by atoms with Gasteiger partial charge < -0.3 is 0 Å². The summed E-state index contributed by atoms with van der Waals surface area (Å²) in [6.07, 6.45) is 0.307. The molecule has 1 radical (unpaired) electrons. The Morgan fingerprint density at radius 2 is 1.93 bits per heavy atom. The molecular weight excluding hydrogens is 259 g/mol. The number of imide groups is 1. The Morgan fingerprint density at radius 3 is 2.60 bits per heavy atom. The molecule has 0 aromatic heterocycles. The minimum absolute atomic E-state index is 0.223. The maximum atomic E-state index is 11.2. The molecule has 15 heavy (non-hydrogen) atoms. The van der Waals surface area contributed by atoms with Gasteiger partial charge in [0.25, 0.3) is 5.91 Å². The van der Waals surface area contributed by atoms with E-state index in [9.17, 15) is 9.59 Å². The van der Waals surface area contributed by atoms with E-state index in [1.807, 2.05) is 6.07 Å². The zero-order chi connectivity index (χ0) is 11.3. The summed E-state index contributed by atoms with van der Waals surface area (Å²) in [7, 11) is 0. The van der Waals surface area contributed by atoms with Crippen LogP contribution in [-0.4, -0.2) is 27.8 Å². The van der Waals surface area contributed by atoms with E-state index in [0.717, 1.165) is 5.56 Å². The third-order valence-electron chi connectivity index (χ3n) is 1.87. The number of nitrogens with zero attached hydrogens (tertiary/aromatic N) is 1. The molecule has 1 aromatic rings. The van der Waals surface area contributed by atoms with Crippen LogP contribution in [0.25, 0.3) is 0 Å². The molecule has 0 unspecified atom stereocenters. The quantitative estimate of drug-likeness (QED) is 0.536. The average molecular weight is 266 g/mol. The molecule has 1 N–H and O–H groups in total. The number of rotatable bonds is 0. The smallest absolute Gasteiger partial charge is 0.258 e. The Labute approximate surface area is 95.1 Å². The maximum Gasteiger partial charge on any atom is 0.258 e. The van der Waals surface area contributed by atoms with Gasteiger partial charge in [0.15, 0.2) is 0 Å². The van der Waals surface area contributed by atoms with E-state index in [1.165, 1.54) is 0 Å². The van der Waals surface area contributed by atoms with Gasteiger partial charge in [-0.05, 0) is 11.6 Å². The van der Waals surface area contributed by atoms with Gasteiger partial charge in [-0.1, -0.05) is 18.2 Å². The van der Waals surface area contributed by atoms with Crippen molar-refractivity contribution in [2.45, 2.75) is 6.42 Å². The van der Waals surface area contributed by atoms with E-state index >= 15 is 0 Å². The van der Waals surface area contributed by atoms with Crippen LogP contribution in [-0.2, 0) is 11.2 Å². The second-order valence-electron chi connectivity index (χ2n) is 2.80. The standard InChI is InChI=1S/C9H7NO2.CNSe/c11-8-5-6-3-1-2-4-7(6)9(12)10-8;2-1-3/h1-4H,5H2,(H,10,11,12);. The van der Waals surface area contributed by atoms with Crippen molar-refractivity contribution in [1.82, 2.24) is 5.32 Å². The van der Waals surface area contributed by atoms with Crippen LogP contribution in [0.1, 0.15) is 15.9 Å². The molecule has 0 saturated carbocycles. The van der Waals surface area contributed by atoms with Crippen LogP contribution in [0.3, 0.4) is 0 Å². The SMILES string of the molecule is N#C[Se].O=C1Cc2ccccc2C(=O)N1. The predicted octanol–water partition coefficient (Wildman–Crippen LogP) is 0.135. The molecule has 75 valence electrons. The number of amides is 2. The van der Waals surface area contributed by atoms with Crippen molar-refractivity contribution in [3.8, 4) is 4.97 Å². The molecule has 4 nitrogen and oxygen atoms in total. The molecule has 0 aliphatic carbocycles. The summed E-state index contributed by atoms with van der Waals surface area (Å²) in [5.41, 5.74) is 1.42. The monoisotopic (exact) mass is 267 g/mol. The van der Waals surface area contributed by atoms with Gasteiger partial charge >= 0.3 is 26.2 Å². The van der Waals surface area contributed by atoms with E-state index in [1.54, 1.807) is 23.2 Å². The zero-order valence-electron chi connectivity index (χ0n) is 7.69. The summed E-state index contributed by atoms with van der Waals surface area (Å²) in [4.78, 5) is 23.7. The molecule has 1 heterocycles. The van der Waals surface area contributed by atoms with Crippen molar-refractivity contribution in [2.75, 3.05) is 0 Å². The Kier molecular flexibility index (Phi) is 4.04. The maximum absolute atomic E-state index is 11.2. The number of nitrogens with one attached hydrogen (secondary N) is 1. The Morgan fingerprint density at radius 1 is 1.33 bits per heavy atom. The van der Waals surface area contributed by atoms with E-state index in [-0.39, 0.29) is 11.8 Å². The van der Waals surface area contributed by atoms with Crippen molar-refractivity contribution < 1.29 is 9.59 Å². The van der Waals surface area contributed by atoms with Gasteiger partial charge in [-0.25, -0.2) is 0 Å². The molecular formula is C10H7N2O2Se. The number of carbonyl (C=O) groups excluding carboxylic acids is 2. The molecule has 0 bridgehead atoms. The number of benzene rings is 1. The fourth-order valence-corrected chi connectivity index (χ4v) is 1.31. The number of nitriles is 1. The molecule has 5 heteroatoms. The molecule has 0 spiro atoms. The zero-order valence-corrected chi connectivity index (χ0v) is 9.40. The number of fused-ring (bicyclic) bond motifs is 1. The molecule has 1 aliphatic heterocycles. The van der Waals surface area contributed by atoms with Crippen LogP contribution in [0.5, 0.6) is 0 Å². The molecule has 2 amide bonds. The first-order chi connectivity index (χ1) is 7.19. The Balaban J connectivity index is 0.000000337. The second-order valence-corrected chi connectivity index (χ2v) is 3.19. The van der Waals surface area contributed by atoms with Gasteiger partial charge in [0.2, 0.25) is 5.91 Å². The van der Waals surface area contributed by atoms with Crippen molar-refractivity contribution in [1.29, 1.82) is 5.26 Å². The topological polar surface area (TPSA) is 70.0 Å². The molecule has 1 aromatic carbocycles. The first kappa shape index (κ1) is 11.4. The van der Waals surface area contributed by atoms with Crippen LogP contribution >= 0.6 is 0 Å². The van der Waals surface area contributed by atoms with Crippen molar-refractivity contribution in [3.05, 3.63) is 35.4 Å². The third-order valence-corrected chi connectivity index (χ3v) is 1.87. The first-order valence-electron chi connectivity index (χ1n) is 4.12. The number of hydrogen-bond acceptors (Lipinski definition) is 3. The van der Waals surface area contributed by atoms with Gasteiger partial charge in [-0.3, -0.25) is 14.9 Å². The Hall–Kier alpha value is -1.63. The van der Waals surface area contributed by atoms with Crippen molar-refractivity contribution in [2.24, 2.45) is 0 Å². The molecule has 0 atom stereocenters. The normalized spacial score (nSPS) is 12.7. The fourth-order valence-electron chi connectivity index (χ4n) is 1.31. The summed E-state index contributed by atoms with van der Waals surface area (Å²) in [5.74, 6) is -0.513. The number of hydrogen-bond donors (Lipinski definition) is 1. The second kappa shape index (κ2) is 5.30. The van der Waals surface area contributed by atoms with Crippen LogP contribution in [0.15, 0.2) is 24.3 Å². The van der Waals surface area contributed by atoms with Crippen molar-refractivity contribution >= 4 is 27.8 Å². The Bertz CT molecular complexity index is 437. The van der Waals surface area contributed by atoms with Crippen molar-refractivity contribution in [3.63, 3.8) is 0 Å². The first-order valence-corrected chi connectivity index (χ1v) is 4.98. The largest absolute Gasteiger partial charge is 0.292 e. The predicted molar refractivity (Wildman–Crippen MR) is 54.0 cm³/mol. The van der Waals surface area contributed by atoms with Gasteiger partial charge in [0.1, 0.15) is 0 Å². The van der Waals surface area contributed by atoms with Crippen LogP contribution in [0.4, 0.5) is 0 Å². The van der Waals surface area contributed by atoms with Gasteiger partial charge in [-0.15, -0.1) is 0 Å². The molecule has 1 aliphatic rings. The fraction of sp³-hybridized carbons (Fsp3) is 0.100. The van der Waals surface area contributed by atoms with E-state index in [2.05, 4.69) is 21.3 Å².